The molecule has 0 spiro atoms. The third-order valence-corrected chi connectivity index (χ3v) is 1.74. The van der Waals surface area contributed by atoms with E-state index in [0.29, 0.717) is 11.1 Å². The molecule has 0 bridgehead atoms. The van der Waals surface area contributed by atoms with E-state index in [1.54, 1.807) is 24.3 Å². The molecule has 0 radical (unpaired) electrons. The minimum Gasteiger partial charge on any atom is -0.425 e. The number of hydrogen-bond donors (Lipinski definition) is 1. The van der Waals surface area contributed by atoms with Crippen molar-refractivity contribution in [3.8, 4) is 0 Å². The van der Waals surface area contributed by atoms with Crippen LogP contribution in [-0.2, 0) is 9.62 Å². The van der Waals surface area contributed by atoms with Gasteiger partial charge in [-0.1, -0.05) is 18.2 Å². The first-order valence-corrected chi connectivity index (χ1v) is 3.43. The minimum absolute atomic E-state index is 0.441. The summed E-state index contributed by atoms with van der Waals surface area (Å²) in [5, 5.41) is 8.35. The van der Waals surface area contributed by atoms with Gasteiger partial charge in [0.2, 0.25) is 0 Å². The van der Waals surface area contributed by atoms with Crippen molar-refractivity contribution in [2.24, 2.45) is 0 Å². The first kappa shape index (κ1) is 7.27. The van der Waals surface area contributed by atoms with Crippen LogP contribution in [0.5, 0.6) is 0 Å². The minimum atomic E-state index is -0.964. The lowest BCUT2D eigenvalue weighted by Gasteiger charge is -2.03. The molecular weight excluding hydrogens is 160 g/mol. The number of hydrogen-bond acceptors (Lipinski definition) is 4. The van der Waals surface area contributed by atoms with Crippen molar-refractivity contribution in [3.63, 3.8) is 0 Å². The lowest BCUT2D eigenvalue weighted by Crippen LogP contribution is -2.00. The summed E-state index contributed by atoms with van der Waals surface area (Å²) in [6.45, 7) is 0. The van der Waals surface area contributed by atoms with Gasteiger partial charge < -0.3 is 4.74 Å². The Hall–Kier alpha value is -1.39. The van der Waals surface area contributed by atoms with Crippen molar-refractivity contribution >= 4 is 5.97 Å². The summed E-state index contributed by atoms with van der Waals surface area (Å²) in [4.78, 5) is 15.0. The van der Waals surface area contributed by atoms with E-state index in [4.69, 9.17) is 5.26 Å². The average Bonchev–Trinajstić information content (AvgIpc) is 2.44. The molecule has 1 aromatic rings. The highest BCUT2D eigenvalue weighted by Gasteiger charge is 2.31. The molecule has 12 heavy (non-hydrogen) atoms. The number of esters is 1. The summed E-state index contributed by atoms with van der Waals surface area (Å²) in [5.74, 6) is -0.468. The highest BCUT2D eigenvalue weighted by Crippen LogP contribution is 2.29. The fraction of sp³-hybridized carbons (Fsp3) is 0.125. The summed E-state index contributed by atoms with van der Waals surface area (Å²) in [7, 11) is 0. The first-order chi connectivity index (χ1) is 5.83. The predicted octanol–water partition coefficient (Wildman–Crippen LogP) is 1.35. The molecule has 1 N–H and O–H groups in total. The topological polar surface area (TPSA) is 55.8 Å². The smallest absolute Gasteiger partial charge is 0.341 e. The second-order valence-corrected chi connectivity index (χ2v) is 2.43. The fourth-order valence-electron chi connectivity index (χ4n) is 1.19. The maximum absolute atomic E-state index is 11.0. The summed E-state index contributed by atoms with van der Waals surface area (Å²) in [5.41, 5.74) is 1.00. The van der Waals surface area contributed by atoms with Crippen LogP contribution in [0.25, 0.3) is 0 Å². The van der Waals surface area contributed by atoms with E-state index >= 15 is 0 Å². The summed E-state index contributed by atoms with van der Waals surface area (Å²) in [6, 6.07) is 6.75. The summed E-state index contributed by atoms with van der Waals surface area (Å²) < 4.78 is 4.67. The molecule has 0 saturated heterocycles. The van der Waals surface area contributed by atoms with Gasteiger partial charge in [0, 0.05) is 5.56 Å². The third-order valence-electron chi connectivity index (χ3n) is 1.74. The van der Waals surface area contributed by atoms with Crippen LogP contribution in [0.15, 0.2) is 24.3 Å². The second kappa shape index (κ2) is 2.58. The van der Waals surface area contributed by atoms with Crippen LogP contribution in [-0.4, -0.2) is 11.2 Å². The van der Waals surface area contributed by atoms with E-state index < -0.39 is 12.3 Å². The summed E-state index contributed by atoms with van der Waals surface area (Å²) in [6.07, 6.45) is -0.964. The molecular formula is C8H6O4. The van der Waals surface area contributed by atoms with Gasteiger partial charge in [-0.05, 0) is 6.07 Å². The Morgan fingerprint density at radius 3 is 2.92 bits per heavy atom. The van der Waals surface area contributed by atoms with Gasteiger partial charge in [-0.15, -0.1) is 0 Å². The molecule has 2 rings (SSSR count). The average molecular weight is 166 g/mol. The number of benzene rings is 1. The van der Waals surface area contributed by atoms with Gasteiger partial charge in [0.05, 0.1) is 5.56 Å². The van der Waals surface area contributed by atoms with Crippen LogP contribution in [0.2, 0.25) is 0 Å². The lowest BCUT2D eigenvalue weighted by atomic mass is 10.1. The van der Waals surface area contributed by atoms with Gasteiger partial charge in [-0.3, -0.25) is 0 Å². The van der Waals surface area contributed by atoms with Crippen molar-refractivity contribution in [2.45, 2.75) is 6.29 Å². The number of fused-ring (bicyclic) bond motifs is 1. The molecule has 62 valence electrons. The van der Waals surface area contributed by atoms with Crippen LogP contribution in [0, 0.1) is 0 Å². The fourth-order valence-corrected chi connectivity index (χ4v) is 1.19. The van der Waals surface area contributed by atoms with E-state index in [9.17, 15) is 4.79 Å². The third kappa shape index (κ3) is 0.895. The Morgan fingerprint density at radius 1 is 1.42 bits per heavy atom. The Kier molecular flexibility index (Phi) is 1.56. The molecule has 1 unspecified atom stereocenters. The predicted molar refractivity (Wildman–Crippen MR) is 38.3 cm³/mol. The van der Waals surface area contributed by atoms with Crippen molar-refractivity contribution in [1.82, 2.24) is 0 Å². The van der Waals surface area contributed by atoms with E-state index in [2.05, 4.69) is 9.62 Å². The van der Waals surface area contributed by atoms with Gasteiger partial charge in [0.1, 0.15) is 0 Å². The zero-order valence-corrected chi connectivity index (χ0v) is 6.06. The van der Waals surface area contributed by atoms with Crippen LogP contribution < -0.4 is 0 Å². The summed E-state index contributed by atoms with van der Waals surface area (Å²) >= 11 is 0. The molecule has 1 atom stereocenters. The molecule has 1 aliphatic heterocycles. The van der Waals surface area contributed by atoms with Gasteiger partial charge >= 0.3 is 5.97 Å². The highest BCUT2D eigenvalue weighted by molar-refractivity contribution is 5.93. The highest BCUT2D eigenvalue weighted by atomic mass is 17.1. The van der Waals surface area contributed by atoms with Gasteiger partial charge in [0.15, 0.2) is 0 Å². The number of ether oxygens (including phenoxy) is 1. The molecule has 0 fully saturated rings. The Labute approximate surface area is 68.3 Å². The van der Waals surface area contributed by atoms with Crippen LogP contribution in [0.1, 0.15) is 22.2 Å². The monoisotopic (exact) mass is 166 g/mol. The molecule has 0 aliphatic carbocycles. The van der Waals surface area contributed by atoms with Crippen molar-refractivity contribution in [1.29, 1.82) is 0 Å². The van der Waals surface area contributed by atoms with Crippen LogP contribution >= 0.6 is 0 Å². The van der Waals surface area contributed by atoms with E-state index in [0.717, 1.165) is 0 Å². The SMILES string of the molecule is O=C1OC(OO)c2ccccc21. The molecule has 1 aromatic carbocycles. The van der Waals surface area contributed by atoms with E-state index in [1.807, 2.05) is 0 Å². The maximum atomic E-state index is 11.0. The zero-order valence-electron chi connectivity index (χ0n) is 6.06. The van der Waals surface area contributed by atoms with Crippen LogP contribution in [0.4, 0.5) is 0 Å². The Bertz CT molecular complexity index is 321. The van der Waals surface area contributed by atoms with Gasteiger partial charge in [0.25, 0.3) is 6.29 Å². The molecule has 1 heterocycles. The van der Waals surface area contributed by atoms with Gasteiger partial charge in [-0.25, -0.2) is 10.1 Å². The van der Waals surface area contributed by atoms with Gasteiger partial charge in [-0.2, -0.15) is 4.89 Å². The molecule has 4 nitrogen and oxygen atoms in total. The van der Waals surface area contributed by atoms with Crippen molar-refractivity contribution in [3.05, 3.63) is 35.4 Å². The lowest BCUT2D eigenvalue weighted by molar-refractivity contribution is -0.333. The second-order valence-electron chi connectivity index (χ2n) is 2.43. The molecule has 0 saturated carbocycles. The Balaban J connectivity index is 2.50. The molecule has 1 aliphatic rings. The largest absolute Gasteiger partial charge is 0.425 e. The normalized spacial score (nSPS) is 20.4. The maximum Gasteiger partial charge on any atom is 0.341 e. The molecule has 0 amide bonds. The van der Waals surface area contributed by atoms with E-state index in [1.165, 1.54) is 0 Å². The van der Waals surface area contributed by atoms with Crippen LogP contribution in [0.3, 0.4) is 0 Å². The molecule has 4 heteroatoms. The quantitative estimate of drug-likeness (QED) is 0.388. The number of rotatable bonds is 1. The van der Waals surface area contributed by atoms with Crippen molar-refractivity contribution < 1.29 is 19.7 Å². The van der Waals surface area contributed by atoms with E-state index in [-0.39, 0.29) is 0 Å². The Morgan fingerprint density at radius 2 is 2.17 bits per heavy atom. The number of carbonyl (C=O) groups is 1. The number of cyclic esters (lactones) is 1. The zero-order chi connectivity index (χ0) is 8.55. The standard InChI is InChI=1S/C8H6O4/c9-7-5-3-1-2-4-6(5)8(11-7)12-10/h1-4,8,10H. The number of carbonyl (C=O) groups excluding carboxylic acids is 1. The molecule has 0 aromatic heterocycles. The van der Waals surface area contributed by atoms with Crippen molar-refractivity contribution in [2.75, 3.05) is 0 Å². The first-order valence-electron chi connectivity index (χ1n) is 3.43.